The van der Waals surface area contributed by atoms with Gasteiger partial charge in [0.1, 0.15) is 7.05 Å². The Kier molecular flexibility index (Phi) is 4.22. The van der Waals surface area contributed by atoms with Crippen LogP contribution in [0, 0.1) is 12.3 Å². The minimum Gasteiger partial charge on any atom is -0.256 e. The third-order valence-corrected chi connectivity index (χ3v) is 5.16. The third-order valence-electron chi connectivity index (χ3n) is 5.16. The van der Waals surface area contributed by atoms with Gasteiger partial charge in [-0.3, -0.25) is 4.98 Å². The van der Waals surface area contributed by atoms with Crippen molar-refractivity contribution in [3.8, 4) is 11.3 Å². The Bertz CT molecular complexity index is 1150. The molecule has 0 unspecified atom stereocenters. The Labute approximate surface area is 161 Å². The number of nitrogens with zero attached hydrogens (tertiary/aromatic N) is 2. The summed E-state index contributed by atoms with van der Waals surface area (Å²) < 4.78 is 2.23. The molecule has 2 heterocycles. The van der Waals surface area contributed by atoms with Gasteiger partial charge in [0.2, 0.25) is 5.69 Å². The molecule has 0 spiro atoms. The van der Waals surface area contributed by atoms with Crippen LogP contribution in [-0.4, -0.2) is 4.98 Å². The van der Waals surface area contributed by atoms with Crippen LogP contribution in [0.25, 0.3) is 32.9 Å². The molecule has 0 bridgehead atoms. The van der Waals surface area contributed by atoms with E-state index in [1.807, 2.05) is 12.3 Å². The second-order valence-corrected chi connectivity index (χ2v) is 8.80. The average molecular weight is 356 g/mol. The molecule has 2 aromatic carbocycles. The molecule has 2 heteroatoms. The van der Waals surface area contributed by atoms with Gasteiger partial charge in [-0.05, 0) is 53.5 Å². The highest BCUT2D eigenvalue weighted by atomic mass is 14.9. The number of rotatable bonds is 2. The highest BCUT2D eigenvalue weighted by Crippen LogP contribution is 2.31. The van der Waals surface area contributed by atoms with Crippen molar-refractivity contribution in [1.29, 1.82) is 0 Å². The fraction of sp³-hybridized carbons (Fsp3) is 0.280. The Morgan fingerprint density at radius 1 is 0.963 bits per heavy atom. The van der Waals surface area contributed by atoms with Gasteiger partial charge in [0, 0.05) is 34.7 Å². The SMILES string of the molecule is Cc1cc2cnc3ccccc3c2cc1-c1cc(CC(C)(C)C)cc[n+]1C. The lowest BCUT2D eigenvalue weighted by Crippen LogP contribution is -2.31. The molecule has 0 amide bonds. The molecule has 0 aliphatic heterocycles. The standard InChI is InChI=1S/C25H27N2/c1-17-12-19-16-26-23-9-7-6-8-20(23)22(19)14-21(17)24-13-18(10-11-27(24)5)15-25(2,3)4/h6-14,16H,15H2,1-5H3/q+1. The van der Waals surface area contributed by atoms with Crippen molar-refractivity contribution in [2.75, 3.05) is 0 Å². The number of aryl methyl sites for hydroxylation is 2. The van der Waals surface area contributed by atoms with Gasteiger partial charge < -0.3 is 0 Å². The van der Waals surface area contributed by atoms with Crippen LogP contribution in [-0.2, 0) is 13.5 Å². The molecule has 0 saturated heterocycles. The van der Waals surface area contributed by atoms with Gasteiger partial charge >= 0.3 is 0 Å². The van der Waals surface area contributed by atoms with Crippen molar-refractivity contribution in [1.82, 2.24) is 4.98 Å². The number of hydrogen-bond acceptors (Lipinski definition) is 1. The zero-order valence-electron chi connectivity index (χ0n) is 16.9. The fourth-order valence-electron chi connectivity index (χ4n) is 3.90. The molecular weight excluding hydrogens is 328 g/mol. The monoisotopic (exact) mass is 355 g/mol. The third kappa shape index (κ3) is 3.44. The minimum absolute atomic E-state index is 0.275. The van der Waals surface area contributed by atoms with E-state index >= 15 is 0 Å². The molecular formula is C25H27N2+. The first-order valence-corrected chi connectivity index (χ1v) is 9.59. The topological polar surface area (TPSA) is 16.8 Å². The summed E-state index contributed by atoms with van der Waals surface area (Å²) in [5.74, 6) is 0. The maximum absolute atomic E-state index is 4.62. The van der Waals surface area contributed by atoms with Gasteiger partial charge in [-0.1, -0.05) is 39.0 Å². The molecule has 27 heavy (non-hydrogen) atoms. The number of hydrogen-bond donors (Lipinski definition) is 0. The highest BCUT2D eigenvalue weighted by molar-refractivity contribution is 6.07. The molecule has 4 aromatic rings. The summed E-state index contributed by atoms with van der Waals surface area (Å²) in [5.41, 5.74) is 6.54. The maximum atomic E-state index is 4.62. The van der Waals surface area contributed by atoms with Gasteiger partial charge in [0.25, 0.3) is 0 Å². The van der Waals surface area contributed by atoms with E-state index in [1.54, 1.807) is 0 Å². The van der Waals surface area contributed by atoms with Crippen LogP contribution in [0.5, 0.6) is 0 Å². The molecule has 0 aliphatic rings. The molecule has 136 valence electrons. The van der Waals surface area contributed by atoms with Gasteiger partial charge in [-0.25, -0.2) is 4.57 Å². The lowest BCUT2D eigenvalue weighted by atomic mass is 9.87. The highest BCUT2D eigenvalue weighted by Gasteiger charge is 2.18. The Balaban J connectivity index is 1.94. The van der Waals surface area contributed by atoms with Crippen molar-refractivity contribution in [3.05, 3.63) is 72.1 Å². The number of benzene rings is 2. The largest absolute Gasteiger partial charge is 0.256 e. The van der Waals surface area contributed by atoms with Crippen molar-refractivity contribution < 1.29 is 4.57 Å². The fourth-order valence-corrected chi connectivity index (χ4v) is 3.90. The first-order chi connectivity index (χ1) is 12.8. The van der Waals surface area contributed by atoms with E-state index in [0.29, 0.717) is 0 Å². The minimum atomic E-state index is 0.275. The smallest absolute Gasteiger partial charge is 0.212 e. The van der Waals surface area contributed by atoms with Gasteiger partial charge in [-0.15, -0.1) is 0 Å². The lowest BCUT2D eigenvalue weighted by Gasteiger charge is -2.18. The normalized spacial score (nSPS) is 12.0. The van der Waals surface area contributed by atoms with E-state index in [0.717, 1.165) is 11.9 Å². The Morgan fingerprint density at radius 2 is 1.74 bits per heavy atom. The van der Waals surface area contributed by atoms with Crippen LogP contribution >= 0.6 is 0 Å². The summed E-state index contributed by atoms with van der Waals surface area (Å²) in [6, 6.07) is 17.6. The van der Waals surface area contributed by atoms with Crippen molar-refractivity contribution in [2.45, 2.75) is 34.1 Å². The molecule has 0 radical (unpaired) electrons. The van der Waals surface area contributed by atoms with Crippen LogP contribution in [0.3, 0.4) is 0 Å². The van der Waals surface area contributed by atoms with Crippen LogP contribution in [0.15, 0.2) is 60.9 Å². The predicted molar refractivity (Wildman–Crippen MR) is 114 cm³/mol. The zero-order valence-corrected chi connectivity index (χ0v) is 16.9. The van der Waals surface area contributed by atoms with Crippen molar-refractivity contribution in [3.63, 3.8) is 0 Å². The van der Waals surface area contributed by atoms with Crippen LogP contribution < -0.4 is 4.57 Å². The zero-order chi connectivity index (χ0) is 19.2. The number of fused-ring (bicyclic) bond motifs is 3. The van der Waals surface area contributed by atoms with Crippen LogP contribution in [0.4, 0.5) is 0 Å². The summed E-state index contributed by atoms with van der Waals surface area (Å²) >= 11 is 0. The number of pyridine rings is 2. The van der Waals surface area contributed by atoms with E-state index in [-0.39, 0.29) is 5.41 Å². The molecule has 0 atom stereocenters. The molecule has 4 rings (SSSR count). The molecule has 2 nitrogen and oxygen atoms in total. The first-order valence-electron chi connectivity index (χ1n) is 9.59. The lowest BCUT2D eigenvalue weighted by molar-refractivity contribution is -0.660. The van der Waals surface area contributed by atoms with Crippen LogP contribution in [0.2, 0.25) is 0 Å². The van der Waals surface area contributed by atoms with E-state index in [4.69, 9.17) is 0 Å². The van der Waals surface area contributed by atoms with E-state index < -0.39 is 0 Å². The second kappa shape index (κ2) is 6.45. The Hall–Kier alpha value is -2.74. The summed E-state index contributed by atoms with van der Waals surface area (Å²) in [7, 11) is 2.13. The van der Waals surface area contributed by atoms with Crippen molar-refractivity contribution >= 4 is 21.7 Å². The van der Waals surface area contributed by atoms with E-state index in [1.165, 1.54) is 38.5 Å². The van der Waals surface area contributed by atoms with Gasteiger partial charge in [0.15, 0.2) is 6.20 Å². The van der Waals surface area contributed by atoms with Gasteiger partial charge in [-0.2, -0.15) is 0 Å². The predicted octanol–water partition coefficient (Wildman–Crippen LogP) is 5.78. The summed E-state index contributed by atoms with van der Waals surface area (Å²) in [6.45, 7) is 9.07. The second-order valence-electron chi connectivity index (χ2n) is 8.80. The average Bonchev–Trinajstić information content (AvgIpc) is 2.61. The summed E-state index contributed by atoms with van der Waals surface area (Å²) in [4.78, 5) is 4.62. The van der Waals surface area contributed by atoms with E-state index in [2.05, 4.69) is 93.0 Å². The molecule has 0 saturated carbocycles. The first kappa shape index (κ1) is 17.7. The van der Waals surface area contributed by atoms with Gasteiger partial charge in [0.05, 0.1) is 5.52 Å². The van der Waals surface area contributed by atoms with Crippen LogP contribution in [0.1, 0.15) is 31.9 Å². The summed E-state index contributed by atoms with van der Waals surface area (Å²) in [6.07, 6.45) is 5.25. The summed E-state index contributed by atoms with van der Waals surface area (Å²) in [5, 5.41) is 3.68. The number of aromatic nitrogens is 2. The molecule has 0 aliphatic carbocycles. The number of para-hydroxylation sites is 1. The quantitative estimate of drug-likeness (QED) is 0.329. The molecule has 0 fully saturated rings. The Morgan fingerprint density at radius 3 is 2.52 bits per heavy atom. The molecule has 2 aromatic heterocycles. The maximum Gasteiger partial charge on any atom is 0.212 e. The molecule has 0 N–H and O–H groups in total. The van der Waals surface area contributed by atoms with E-state index in [9.17, 15) is 0 Å². The van der Waals surface area contributed by atoms with Crippen molar-refractivity contribution in [2.24, 2.45) is 12.5 Å².